The molecule has 0 bridgehead atoms. The zero-order chi connectivity index (χ0) is 15.9. The molecule has 0 aromatic heterocycles. The zero-order valence-electron chi connectivity index (χ0n) is 13.5. The minimum atomic E-state index is 0.0779. The summed E-state index contributed by atoms with van der Waals surface area (Å²) in [7, 11) is 3.73. The van der Waals surface area contributed by atoms with E-state index in [4.69, 9.17) is 0 Å². The molecule has 0 fully saturated rings. The van der Waals surface area contributed by atoms with Crippen LogP contribution >= 0.6 is 0 Å². The Morgan fingerprint density at radius 2 is 1.64 bits per heavy atom. The lowest BCUT2D eigenvalue weighted by Crippen LogP contribution is -2.31. The van der Waals surface area contributed by atoms with E-state index >= 15 is 0 Å². The van der Waals surface area contributed by atoms with Crippen LogP contribution in [-0.2, 0) is 4.79 Å². The minimum absolute atomic E-state index is 0.0779. The molecule has 1 atom stereocenters. The van der Waals surface area contributed by atoms with Gasteiger partial charge in [0.15, 0.2) is 0 Å². The summed E-state index contributed by atoms with van der Waals surface area (Å²) in [6.07, 6.45) is 0.527. The molecule has 0 saturated carbocycles. The summed E-state index contributed by atoms with van der Waals surface area (Å²) in [6.45, 7) is 2.78. The molecule has 0 aliphatic heterocycles. The van der Waals surface area contributed by atoms with Gasteiger partial charge in [0.2, 0.25) is 5.91 Å². The van der Waals surface area contributed by atoms with Crippen LogP contribution in [0.5, 0.6) is 0 Å². The van der Waals surface area contributed by atoms with Crippen LogP contribution in [0.25, 0.3) is 11.1 Å². The third-order valence-corrected chi connectivity index (χ3v) is 4.06. The van der Waals surface area contributed by atoms with Crippen LogP contribution in [0.2, 0.25) is 0 Å². The highest BCUT2D eigenvalue weighted by atomic mass is 16.2. The van der Waals surface area contributed by atoms with Crippen LogP contribution in [-0.4, -0.2) is 31.4 Å². The molecule has 3 heteroatoms. The van der Waals surface area contributed by atoms with E-state index in [2.05, 4.69) is 48.6 Å². The van der Waals surface area contributed by atoms with E-state index in [9.17, 15) is 4.79 Å². The Labute approximate surface area is 133 Å². The summed E-state index contributed by atoms with van der Waals surface area (Å²) in [6, 6.07) is 18.8. The zero-order valence-corrected chi connectivity index (χ0v) is 13.5. The van der Waals surface area contributed by atoms with Crippen LogP contribution in [0.4, 0.5) is 0 Å². The Kier molecular flexibility index (Phi) is 5.73. The minimum Gasteiger partial charge on any atom is -0.339 e. The maximum Gasteiger partial charge on any atom is 0.224 e. The fourth-order valence-corrected chi connectivity index (χ4v) is 2.43. The summed E-state index contributed by atoms with van der Waals surface area (Å²) in [5.74, 6) is 0.161. The van der Waals surface area contributed by atoms with Crippen molar-refractivity contribution in [1.82, 2.24) is 10.2 Å². The number of benzene rings is 2. The van der Waals surface area contributed by atoms with Crippen molar-refractivity contribution in [1.29, 1.82) is 0 Å². The second-order valence-electron chi connectivity index (χ2n) is 5.52. The molecule has 0 saturated heterocycles. The summed E-state index contributed by atoms with van der Waals surface area (Å²) in [5.41, 5.74) is 3.56. The molecule has 0 spiro atoms. The molecule has 2 rings (SSSR count). The summed E-state index contributed by atoms with van der Waals surface area (Å²) in [4.78, 5) is 13.9. The summed E-state index contributed by atoms with van der Waals surface area (Å²) in [5, 5.41) is 3.01. The first-order valence-corrected chi connectivity index (χ1v) is 7.69. The molecule has 2 aromatic carbocycles. The van der Waals surface area contributed by atoms with E-state index < -0.39 is 0 Å². The fraction of sp³-hybridized carbons (Fsp3) is 0.316. The van der Waals surface area contributed by atoms with Gasteiger partial charge in [0, 0.05) is 20.0 Å². The van der Waals surface area contributed by atoms with Gasteiger partial charge in [-0.2, -0.15) is 0 Å². The number of nitrogens with one attached hydrogen (secondary N) is 1. The third-order valence-electron chi connectivity index (χ3n) is 4.06. The lowest BCUT2D eigenvalue weighted by Gasteiger charge is -2.25. The van der Waals surface area contributed by atoms with Crippen molar-refractivity contribution in [3.05, 3.63) is 60.2 Å². The van der Waals surface area contributed by atoms with Gasteiger partial charge in [-0.25, -0.2) is 0 Å². The van der Waals surface area contributed by atoms with Gasteiger partial charge in [0.05, 0.1) is 6.04 Å². The number of carbonyl (C=O) groups excluding carboxylic acids is 1. The van der Waals surface area contributed by atoms with Gasteiger partial charge >= 0.3 is 0 Å². The van der Waals surface area contributed by atoms with E-state index in [-0.39, 0.29) is 11.9 Å². The molecule has 2 aromatic rings. The van der Waals surface area contributed by atoms with E-state index in [1.54, 1.807) is 0 Å². The summed E-state index contributed by atoms with van der Waals surface area (Å²) >= 11 is 0. The quantitative estimate of drug-likeness (QED) is 0.885. The largest absolute Gasteiger partial charge is 0.339 e. The SMILES string of the molecule is CNCCC(=O)N(C)C(C)c1ccc(-c2ccccc2)cc1. The monoisotopic (exact) mass is 296 g/mol. The molecule has 1 N–H and O–H groups in total. The highest BCUT2D eigenvalue weighted by molar-refractivity contribution is 5.76. The first kappa shape index (κ1) is 16.2. The summed E-state index contributed by atoms with van der Waals surface area (Å²) < 4.78 is 0. The van der Waals surface area contributed by atoms with Crippen molar-refractivity contribution in [3.63, 3.8) is 0 Å². The average molecular weight is 296 g/mol. The van der Waals surface area contributed by atoms with Gasteiger partial charge < -0.3 is 10.2 Å². The van der Waals surface area contributed by atoms with Gasteiger partial charge in [-0.3, -0.25) is 4.79 Å². The molecular weight excluding hydrogens is 272 g/mol. The van der Waals surface area contributed by atoms with Gasteiger partial charge in [-0.15, -0.1) is 0 Å². The molecular formula is C19H24N2O. The Morgan fingerprint density at radius 3 is 2.23 bits per heavy atom. The average Bonchev–Trinajstić information content (AvgIpc) is 2.59. The van der Waals surface area contributed by atoms with Crippen molar-refractivity contribution >= 4 is 5.91 Å². The number of rotatable bonds is 6. The van der Waals surface area contributed by atoms with Crippen molar-refractivity contribution < 1.29 is 4.79 Å². The van der Waals surface area contributed by atoms with E-state index in [0.717, 1.165) is 5.56 Å². The lowest BCUT2D eigenvalue weighted by molar-refractivity contribution is -0.131. The molecule has 1 unspecified atom stereocenters. The molecule has 0 heterocycles. The maximum absolute atomic E-state index is 12.1. The van der Waals surface area contributed by atoms with Gasteiger partial charge in [0.25, 0.3) is 0 Å². The van der Waals surface area contributed by atoms with Gasteiger partial charge in [-0.1, -0.05) is 54.6 Å². The van der Waals surface area contributed by atoms with Crippen molar-refractivity contribution in [2.24, 2.45) is 0 Å². The lowest BCUT2D eigenvalue weighted by atomic mass is 10.0. The molecule has 0 aliphatic rings. The maximum atomic E-state index is 12.1. The van der Waals surface area contributed by atoms with Crippen LogP contribution in [0.1, 0.15) is 24.9 Å². The molecule has 22 heavy (non-hydrogen) atoms. The molecule has 1 amide bonds. The van der Waals surface area contributed by atoms with Gasteiger partial charge in [-0.05, 0) is 30.7 Å². The normalized spacial score (nSPS) is 12.0. The topological polar surface area (TPSA) is 32.3 Å². The predicted molar refractivity (Wildman–Crippen MR) is 91.6 cm³/mol. The first-order chi connectivity index (χ1) is 10.6. The smallest absolute Gasteiger partial charge is 0.224 e. The number of hydrogen-bond donors (Lipinski definition) is 1. The second kappa shape index (κ2) is 7.76. The number of amides is 1. The molecule has 116 valence electrons. The van der Waals surface area contributed by atoms with E-state index in [1.165, 1.54) is 11.1 Å². The Balaban J connectivity index is 2.08. The van der Waals surface area contributed by atoms with Crippen LogP contribution in [0.15, 0.2) is 54.6 Å². The fourth-order valence-electron chi connectivity index (χ4n) is 2.43. The standard InChI is InChI=1S/C19H24N2O/c1-15(21(3)19(22)13-14-20-2)16-9-11-18(12-10-16)17-7-5-4-6-8-17/h4-12,15,20H,13-14H2,1-3H3. The second-order valence-corrected chi connectivity index (χ2v) is 5.52. The van der Waals surface area contributed by atoms with Crippen molar-refractivity contribution in [3.8, 4) is 11.1 Å². The van der Waals surface area contributed by atoms with Crippen LogP contribution < -0.4 is 5.32 Å². The molecule has 3 nitrogen and oxygen atoms in total. The Bertz CT molecular complexity index is 593. The highest BCUT2D eigenvalue weighted by Gasteiger charge is 2.16. The van der Waals surface area contributed by atoms with Crippen molar-refractivity contribution in [2.45, 2.75) is 19.4 Å². The molecule has 0 aliphatic carbocycles. The number of hydrogen-bond acceptors (Lipinski definition) is 2. The van der Waals surface area contributed by atoms with Crippen LogP contribution in [0, 0.1) is 0 Å². The van der Waals surface area contributed by atoms with Gasteiger partial charge in [0.1, 0.15) is 0 Å². The molecule has 0 radical (unpaired) electrons. The number of carbonyl (C=O) groups is 1. The van der Waals surface area contributed by atoms with Crippen molar-refractivity contribution in [2.75, 3.05) is 20.6 Å². The van der Waals surface area contributed by atoms with Crippen LogP contribution in [0.3, 0.4) is 0 Å². The third kappa shape index (κ3) is 3.95. The van der Waals surface area contributed by atoms with E-state index in [1.807, 2.05) is 37.2 Å². The van der Waals surface area contributed by atoms with E-state index in [0.29, 0.717) is 13.0 Å². The Morgan fingerprint density at radius 1 is 1.05 bits per heavy atom. The highest BCUT2D eigenvalue weighted by Crippen LogP contribution is 2.24. The number of nitrogens with zero attached hydrogens (tertiary/aromatic N) is 1. The Hall–Kier alpha value is -2.13. The first-order valence-electron chi connectivity index (χ1n) is 7.69. The predicted octanol–water partition coefficient (Wildman–Crippen LogP) is 3.48.